The second-order valence-corrected chi connectivity index (χ2v) is 8.50. The number of anilines is 3. The quantitative estimate of drug-likeness (QED) is 0.502. The molecule has 0 bridgehead atoms. The molecule has 0 atom stereocenters. The first-order valence-electron chi connectivity index (χ1n) is 11.5. The van der Waals surface area contributed by atoms with Gasteiger partial charge in [-0.1, -0.05) is 12.2 Å². The van der Waals surface area contributed by atoms with Crippen molar-refractivity contribution >= 4 is 23.5 Å². The van der Waals surface area contributed by atoms with Gasteiger partial charge in [-0.15, -0.1) is 0 Å². The summed E-state index contributed by atoms with van der Waals surface area (Å²) >= 11 is 0. The minimum absolute atomic E-state index is 0.00386. The third-order valence-corrected chi connectivity index (χ3v) is 6.05. The lowest BCUT2D eigenvalue weighted by atomic mass is 10.2. The van der Waals surface area contributed by atoms with Crippen LogP contribution in [0.1, 0.15) is 11.3 Å². The molecule has 1 fully saturated rings. The van der Waals surface area contributed by atoms with Crippen molar-refractivity contribution in [2.45, 2.75) is 6.92 Å². The Morgan fingerprint density at radius 2 is 1.80 bits per heavy atom. The molecule has 0 radical (unpaired) electrons. The van der Waals surface area contributed by atoms with E-state index in [9.17, 15) is 13.9 Å². The first kappa shape index (κ1) is 24.6. The van der Waals surface area contributed by atoms with Gasteiger partial charge in [-0.25, -0.2) is 13.5 Å². The van der Waals surface area contributed by atoms with Gasteiger partial charge in [0, 0.05) is 69.7 Å². The predicted molar refractivity (Wildman–Crippen MR) is 133 cm³/mol. The molecule has 186 valence electrons. The minimum Gasteiger partial charge on any atom is -0.395 e. The van der Waals surface area contributed by atoms with Crippen LogP contribution in [0.4, 0.5) is 26.2 Å². The summed E-state index contributed by atoms with van der Waals surface area (Å²) in [5.74, 6) is 0.182. The van der Waals surface area contributed by atoms with Gasteiger partial charge < -0.3 is 20.6 Å². The van der Waals surface area contributed by atoms with Gasteiger partial charge in [-0.3, -0.25) is 4.90 Å². The fraction of sp³-hybridized carbons (Fsp3) is 0.375. The smallest absolute Gasteiger partial charge is 0.224 e. The molecule has 4 rings (SSSR count). The summed E-state index contributed by atoms with van der Waals surface area (Å²) in [4.78, 5) is 14.6. The van der Waals surface area contributed by atoms with Crippen LogP contribution in [0.3, 0.4) is 0 Å². The van der Waals surface area contributed by atoms with Crippen LogP contribution in [-0.2, 0) is 0 Å². The zero-order valence-electron chi connectivity index (χ0n) is 19.9. The molecule has 2 aromatic heterocycles. The lowest BCUT2D eigenvalue weighted by molar-refractivity contribution is 0.284. The maximum Gasteiger partial charge on any atom is 0.224 e. The third-order valence-electron chi connectivity index (χ3n) is 6.05. The van der Waals surface area contributed by atoms with Gasteiger partial charge >= 0.3 is 0 Å². The molecule has 0 unspecified atom stereocenters. The molecule has 9 nitrogen and oxygen atoms in total. The van der Waals surface area contributed by atoms with E-state index in [2.05, 4.69) is 26.0 Å². The fourth-order valence-electron chi connectivity index (χ4n) is 4.06. The normalized spacial score (nSPS) is 14.7. The summed E-state index contributed by atoms with van der Waals surface area (Å²) in [6, 6.07) is 5.42. The van der Waals surface area contributed by atoms with Crippen molar-refractivity contribution in [3.63, 3.8) is 0 Å². The van der Waals surface area contributed by atoms with E-state index in [1.807, 2.05) is 24.9 Å². The minimum atomic E-state index is -0.556. The summed E-state index contributed by atoms with van der Waals surface area (Å²) in [6.45, 7) is 6.15. The molecule has 3 aromatic rings. The topological polar surface area (TPSA) is 99.6 Å². The van der Waals surface area contributed by atoms with Crippen molar-refractivity contribution < 1.29 is 13.9 Å². The van der Waals surface area contributed by atoms with E-state index in [1.165, 1.54) is 12.1 Å². The number of hydrogen-bond acceptors (Lipinski definition) is 8. The molecule has 0 aliphatic carbocycles. The number of rotatable bonds is 8. The molecule has 0 spiro atoms. The standard InChI is InChI=1S/C24H30F2N8O/c1-17-18(16-28-34(17)23-15-22(29-24(27)30-23)31(2)10-11-35)4-3-5-32-6-8-33(9-7-32)21-13-19(25)12-20(26)14-21/h3-4,12-16,35H,5-11H2,1-2H3,(H2,27,29,30). The van der Waals surface area contributed by atoms with Crippen LogP contribution in [0.2, 0.25) is 0 Å². The highest BCUT2D eigenvalue weighted by atomic mass is 19.1. The molecule has 3 N–H and O–H groups in total. The fourth-order valence-corrected chi connectivity index (χ4v) is 4.06. The average Bonchev–Trinajstić information content (AvgIpc) is 3.19. The molecular formula is C24H30F2N8O. The number of nitrogen functional groups attached to an aromatic ring is 1. The lowest BCUT2D eigenvalue weighted by Gasteiger charge is -2.35. The van der Waals surface area contributed by atoms with Crippen molar-refractivity contribution in [1.82, 2.24) is 24.6 Å². The second kappa shape index (κ2) is 10.8. The van der Waals surface area contributed by atoms with Crippen LogP contribution in [0.25, 0.3) is 11.9 Å². The SMILES string of the molecule is Cc1c(C=CCN2CCN(c3cc(F)cc(F)c3)CC2)cnn1-c1cc(N(C)CCO)nc(N)n1. The average molecular weight is 485 g/mol. The Kier molecular flexibility index (Phi) is 7.57. The second-order valence-electron chi connectivity index (χ2n) is 8.50. The number of aliphatic hydroxyl groups is 1. The van der Waals surface area contributed by atoms with E-state index in [0.29, 0.717) is 37.0 Å². The highest BCUT2D eigenvalue weighted by Gasteiger charge is 2.18. The summed E-state index contributed by atoms with van der Waals surface area (Å²) in [5, 5.41) is 13.7. The first-order chi connectivity index (χ1) is 16.8. The van der Waals surface area contributed by atoms with Gasteiger partial charge in [0.05, 0.1) is 18.5 Å². The van der Waals surface area contributed by atoms with Gasteiger partial charge in [0.25, 0.3) is 0 Å². The van der Waals surface area contributed by atoms with Crippen LogP contribution in [0.15, 0.2) is 36.5 Å². The first-order valence-corrected chi connectivity index (χ1v) is 11.5. The van der Waals surface area contributed by atoms with E-state index in [-0.39, 0.29) is 12.6 Å². The summed E-state index contributed by atoms with van der Waals surface area (Å²) in [7, 11) is 1.82. The molecule has 3 heterocycles. The van der Waals surface area contributed by atoms with Crippen molar-refractivity contribution in [1.29, 1.82) is 0 Å². The van der Waals surface area contributed by atoms with Crippen LogP contribution in [0, 0.1) is 18.6 Å². The highest BCUT2D eigenvalue weighted by molar-refractivity contribution is 5.54. The van der Waals surface area contributed by atoms with E-state index in [1.54, 1.807) is 21.8 Å². The third kappa shape index (κ3) is 5.92. The molecule has 1 saturated heterocycles. The number of piperazine rings is 1. The van der Waals surface area contributed by atoms with Crippen LogP contribution < -0.4 is 15.5 Å². The van der Waals surface area contributed by atoms with Crippen LogP contribution in [-0.4, -0.2) is 82.7 Å². The molecule has 1 aliphatic heterocycles. The number of likely N-dealkylation sites (N-methyl/N-ethyl adjacent to an activating group) is 1. The van der Waals surface area contributed by atoms with E-state index in [0.717, 1.165) is 37.0 Å². The lowest BCUT2D eigenvalue weighted by Crippen LogP contribution is -2.46. The van der Waals surface area contributed by atoms with E-state index < -0.39 is 11.6 Å². The number of aliphatic hydroxyl groups excluding tert-OH is 1. The molecule has 35 heavy (non-hydrogen) atoms. The summed E-state index contributed by atoms with van der Waals surface area (Å²) in [5.41, 5.74) is 8.35. The summed E-state index contributed by atoms with van der Waals surface area (Å²) < 4.78 is 28.8. The molecule has 0 amide bonds. The molecule has 1 aliphatic rings. The van der Waals surface area contributed by atoms with Gasteiger partial charge in [-0.05, 0) is 19.1 Å². The van der Waals surface area contributed by atoms with Crippen LogP contribution >= 0.6 is 0 Å². The number of aromatic nitrogens is 4. The zero-order valence-corrected chi connectivity index (χ0v) is 19.9. The maximum atomic E-state index is 13.5. The number of halogens is 2. The molecule has 0 saturated carbocycles. The maximum absolute atomic E-state index is 13.5. The predicted octanol–water partition coefficient (Wildman–Crippen LogP) is 2.10. The van der Waals surface area contributed by atoms with Gasteiger partial charge in [0.1, 0.15) is 17.5 Å². The van der Waals surface area contributed by atoms with Crippen molar-refractivity contribution in [3.8, 4) is 5.82 Å². The van der Waals surface area contributed by atoms with E-state index in [4.69, 9.17) is 5.73 Å². The van der Waals surface area contributed by atoms with E-state index >= 15 is 0 Å². The van der Waals surface area contributed by atoms with Crippen molar-refractivity contribution in [3.05, 3.63) is 59.4 Å². The Hall–Kier alpha value is -3.57. The van der Waals surface area contributed by atoms with Crippen LogP contribution in [0.5, 0.6) is 0 Å². The Balaban J connectivity index is 1.37. The zero-order chi connectivity index (χ0) is 24.9. The molecule has 11 heteroatoms. The largest absolute Gasteiger partial charge is 0.395 e. The molecule has 1 aromatic carbocycles. The summed E-state index contributed by atoms with van der Waals surface area (Å²) in [6.07, 6.45) is 5.88. The van der Waals surface area contributed by atoms with Gasteiger partial charge in [0.2, 0.25) is 5.95 Å². The number of nitrogens with two attached hydrogens (primary N) is 1. The van der Waals surface area contributed by atoms with Crippen molar-refractivity contribution in [2.24, 2.45) is 0 Å². The number of benzene rings is 1. The Morgan fingerprint density at radius 3 is 2.49 bits per heavy atom. The highest BCUT2D eigenvalue weighted by Crippen LogP contribution is 2.21. The van der Waals surface area contributed by atoms with Crippen molar-refractivity contribution in [2.75, 3.05) is 68.5 Å². The van der Waals surface area contributed by atoms with Gasteiger partial charge in [-0.2, -0.15) is 15.1 Å². The number of hydrogen-bond donors (Lipinski definition) is 2. The Bertz CT molecular complexity index is 1170. The van der Waals surface area contributed by atoms with Gasteiger partial charge in [0.15, 0.2) is 5.82 Å². The molecular weight excluding hydrogens is 454 g/mol. The number of nitrogens with zero attached hydrogens (tertiary/aromatic N) is 7. The Morgan fingerprint density at radius 1 is 1.09 bits per heavy atom. The Labute approximate surface area is 203 Å². The monoisotopic (exact) mass is 484 g/mol.